The van der Waals surface area contributed by atoms with Gasteiger partial charge in [-0.1, -0.05) is 0 Å². The van der Waals surface area contributed by atoms with Crippen molar-refractivity contribution in [3.05, 3.63) is 41.9 Å². The molecule has 0 aliphatic rings. The summed E-state index contributed by atoms with van der Waals surface area (Å²) in [5.41, 5.74) is -0.0410. The van der Waals surface area contributed by atoms with Crippen LogP contribution in [0, 0.1) is 0 Å². The van der Waals surface area contributed by atoms with Gasteiger partial charge in [-0.05, 0) is 6.42 Å². The highest BCUT2D eigenvalue weighted by Crippen LogP contribution is 2.07. The summed E-state index contributed by atoms with van der Waals surface area (Å²) in [5, 5.41) is 11.3. The minimum absolute atomic E-state index is 0.00426. The zero-order valence-corrected chi connectivity index (χ0v) is 10.0. The van der Waals surface area contributed by atoms with Gasteiger partial charge in [-0.15, -0.1) is 0 Å². The maximum Gasteiger partial charge on any atom is 0.338 e. The van der Waals surface area contributed by atoms with Crippen LogP contribution in [0.2, 0.25) is 0 Å². The summed E-state index contributed by atoms with van der Waals surface area (Å²) in [5.74, 6) is -0.691. The number of aryl methyl sites for hydroxylation is 1. The molecule has 0 bridgehead atoms. The molecule has 0 fully saturated rings. The van der Waals surface area contributed by atoms with Crippen molar-refractivity contribution in [2.75, 3.05) is 6.54 Å². The molecule has 0 saturated heterocycles. The first-order valence-electron chi connectivity index (χ1n) is 5.75. The predicted octanol–water partition coefficient (Wildman–Crippen LogP) is 1.06. The minimum Gasteiger partial charge on any atom is -0.478 e. The van der Waals surface area contributed by atoms with E-state index in [0.29, 0.717) is 6.54 Å². The maximum absolute atomic E-state index is 11.6. The van der Waals surface area contributed by atoms with Crippen molar-refractivity contribution in [3.8, 4) is 0 Å². The summed E-state index contributed by atoms with van der Waals surface area (Å²) in [6.45, 7) is 0.461. The molecule has 0 radical (unpaired) electrons. The van der Waals surface area contributed by atoms with Gasteiger partial charge in [0.25, 0.3) is 5.91 Å². The van der Waals surface area contributed by atoms with Gasteiger partial charge in [0.15, 0.2) is 5.76 Å². The fourth-order valence-electron chi connectivity index (χ4n) is 1.55. The van der Waals surface area contributed by atoms with E-state index >= 15 is 0 Å². The summed E-state index contributed by atoms with van der Waals surface area (Å²) in [6.07, 6.45) is 5.91. The van der Waals surface area contributed by atoms with Crippen LogP contribution in [0.1, 0.15) is 33.2 Å². The van der Waals surface area contributed by atoms with E-state index in [4.69, 9.17) is 9.52 Å². The molecule has 19 heavy (non-hydrogen) atoms. The van der Waals surface area contributed by atoms with E-state index in [2.05, 4.69) is 15.3 Å². The van der Waals surface area contributed by atoms with Crippen LogP contribution in [0.5, 0.6) is 0 Å². The first kappa shape index (κ1) is 12.9. The number of carboxylic acid groups (broad SMARTS) is 1. The van der Waals surface area contributed by atoms with E-state index in [9.17, 15) is 9.59 Å². The van der Waals surface area contributed by atoms with Gasteiger partial charge in [-0.2, -0.15) is 0 Å². The standard InChI is InChI=1S/C12H13N3O4/c16-11(9-6-8(7-19-9)12(17)18)15-3-1-2-10-13-4-5-14-10/h4-7H,1-3H2,(H,13,14)(H,15,16)(H,17,18). The summed E-state index contributed by atoms with van der Waals surface area (Å²) in [4.78, 5) is 29.3. The number of carboxylic acids is 1. The fourth-order valence-corrected chi connectivity index (χ4v) is 1.55. The molecule has 2 aromatic rings. The smallest absolute Gasteiger partial charge is 0.338 e. The molecule has 1 amide bonds. The zero-order valence-electron chi connectivity index (χ0n) is 10.0. The summed E-state index contributed by atoms with van der Waals surface area (Å²) >= 11 is 0. The van der Waals surface area contributed by atoms with Crippen LogP contribution in [-0.4, -0.2) is 33.5 Å². The van der Waals surface area contributed by atoms with Gasteiger partial charge < -0.3 is 19.8 Å². The van der Waals surface area contributed by atoms with Gasteiger partial charge in [-0.3, -0.25) is 4.79 Å². The van der Waals surface area contributed by atoms with Gasteiger partial charge in [0, 0.05) is 31.4 Å². The first-order chi connectivity index (χ1) is 9.16. The SMILES string of the molecule is O=C(O)c1coc(C(=O)NCCCc2ncc[nH]2)c1. The average molecular weight is 263 g/mol. The Bertz CT molecular complexity index is 559. The first-order valence-corrected chi connectivity index (χ1v) is 5.75. The van der Waals surface area contributed by atoms with Crippen molar-refractivity contribution < 1.29 is 19.1 Å². The zero-order chi connectivity index (χ0) is 13.7. The third-order valence-corrected chi connectivity index (χ3v) is 2.50. The van der Waals surface area contributed by atoms with Crippen LogP contribution in [0.15, 0.2) is 29.1 Å². The highest BCUT2D eigenvalue weighted by atomic mass is 16.4. The predicted molar refractivity (Wildman–Crippen MR) is 64.9 cm³/mol. The normalized spacial score (nSPS) is 10.3. The Balaban J connectivity index is 1.76. The molecule has 0 atom stereocenters. The molecule has 0 aliphatic heterocycles. The number of hydrogen-bond donors (Lipinski definition) is 3. The lowest BCUT2D eigenvalue weighted by atomic mass is 10.3. The second-order valence-corrected chi connectivity index (χ2v) is 3.90. The number of aromatic carboxylic acids is 1. The minimum atomic E-state index is -1.12. The van der Waals surface area contributed by atoms with Crippen molar-refractivity contribution in [3.63, 3.8) is 0 Å². The lowest BCUT2D eigenvalue weighted by Crippen LogP contribution is -2.24. The van der Waals surface area contributed by atoms with Gasteiger partial charge >= 0.3 is 5.97 Å². The molecule has 2 aromatic heterocycles. The van der Waals surface area contributed by atoms with Gasteiger partial charge in [0.05, 0.1) is 5.56 Å². The quantitative estimate of drug-likeness (QED) is 0.675. The van der Waals surface area contributed by atoms with E-state index in [0.717, 1.165) is 24.9 Å². The number of amides is 1. The number of imidazole rings is 1. The van der Waals surface area contributed by atoms with Gasteiger partial charge in [0.1, 0.15) is 12.1 Å². The Kier molecular flexibility index (Phi) is 3.97. The molecule has 3 N–H and O–H groups in total. The number of H-pyrrole nitrogens is 1. The third-order valence-electron chi connectivity index (χ3n) is 2.50. The largest absolute Gasteiger partial charge is 0.478 e. The number of aromatic amines is 1. The van der Waals surface area contributed by atoms with Crippen LogP contribution in [0.3, 0.4) is 0 Å². The summed E-state index contributed by atoms with van der Waals surface area (Å²) in [7, 11) is 0. The second kappa shape index (κ2) is 5.85. The molecule has 0 spiro atoms. The van der Waals surface area contributed by atoms with Crippen LogP contribution in [-0.2, 0) is 6.42 Å². The fraction of sp³-hybridized carbons (Fsp3) is 0.250. The number of rotatable bonds is 6. The second-order valence-electron chi connectivity index (χ2n) is 3.90. The third kappa shape index (κ3) is 3.44. The van der Waals surface area contributed by atoms with E-state index in [1.165, 1.54) is 6.07 Å². The van der Waals surface area contributed by atoms with Crippen molar-refractivity contribution >= 4 is 11.9 Å². The molecule has 2 heterocycles. The van der Waals surface area contributed by atoms with Crippen molar-refractivity contribution in [2.45, 2.75) is 12.8 Å². The van der Waals surface area contributed by atoms with Crippen molar-refractivity contribution in [1.82, 2.24) is 15.3 Å². The summed E-state index contributed by atoms with van der Waals surface area (Å²) in [6, 6.07) is 1.20. The molecular weight excluding hydrogens is 250 g/mol. The van der Waals surface area contributed by atoms with Crippen LogP contribution >= 0.6 is 0 Å². The Morgan fingerprint density at radius 3 is 2.95 bits per heavy atom. The Morgan fingerprint density at radius 2 is 2.32 bits per heavy atom. The van der Waals surface area contributed by atoms with Gasteiger partial charge in [-0.25, -0.2) is 9.78 Å². The number of nitrogens with one attached hydrogen (secondary N) is 2. The monoisotopic (exact) mass is 263 g/mol. The molecule has 0 saturated carbocycles. The Hall–Kier alpha value is -2.57. The van der Waals surface area contributed by atoms with Crippen LogP contribution in [0.25, 0.3) is 0 Å². The van der Waals surface area contributed by atoms with E-state index in [1.54, 1.807) is 12.4 Å². The molecule has 7 heteroatoms. The molecule has 0 aliphatic carbocycles. The number of nitrogens with zero attached hydrogens (tertiary/aromatic N) is 1. The number of hydrogen-bond acceptors (Lipinski definition) is 4. The molecular formula is C12H13N3O4. The average Bonchev–Trinajstić information content (AvgIpc) is 3.05. The Labute approximate surface area is 108 Å². The van der Waals surface area contributed by atoms with Crippen LogP contribution < -0.4 is 5.32 Å². The lowest BCUT2D eigenvalue weighted by Gasteiger charge is -2.01. The van der Waals surface area contributed by atoms with E-state index in [1.807, 2.05) is 0 Å². The van der Waals surface area contributed by atoms with E-state index in [-0.39, 0.29) is 11.3 Å². The number of aromatic nitrogens is 2. The maximum atomic E-state index is 11.6. The van der Waals surface area contributed by atoms with Crippen LogP contribution in [0.4, 0.5) is 0 Å². The van der Waals surface area contributed by atoms with Gasteiger partial charge in [0.2, 0.25) is 0 Å². The molecule has 100 valence electrons. The summed E-state index contributed by atoms with van der Waals surface area (Å²) < 4.78 is 4.88. The molecule has 0 aromatic carbocycles. The van der Waals surface area contributed by atoms with Crippen molar-refractivity contribution in [2.24, 2.45) is 0 Å². The number of carbonyl (C=O) groups is 2. The van der Waals surface area contributed by atoms with Crippen molar-refractivity contribution in [1.29, 1.82) is 0 Å². The molecule has 7 nitrogen and oxygen atoms in total. The number of furan rings is 1. The molecule has 2 rings (SSSR count). The topological polar surface area (TPSA) is 108 Å². The Morgan fingerprint density at radius 1 is 1.47 bits per heavy atom. The highest BCUT2D eigenvalue weighted by Gasteiger charge is 2.13. The lowest BCUT2D eigenvalue weighted by molar-refractivity contribution is 0.0696. The van der Waals surface area contributed by atoms with E-state index < -0.39 is 11.9 Å². The number of carbonyl (C=O) groups excluding carboxylic acids is 1. The molecule has 0 unspecified atom stereocenters. The highest BCUT2D eigenvalue weighted by molar-refractivity contribution is 5.95.